The minimum Gasteiger partial charge on any atom is -0.366 e. The van der Waals surface area contributed by atoms with E-state index in [0.717, 1.165) is 25.3 Å². The Morgan fingerprint density at radius 2 is 2.06 bits per heavy atom. The van der Waals surface area contributed by atoms with Crippen molar-refractivity contribution in [2.45, 2.75) is 51.2 Å². The smallest absolute Gasteiger partial charge is 0.250 e. The maximum Gasteiger partial charge on any atom is 0.250 e. The summed E-state index contributed by atoms with van der Waals surface area (Å²) in [6.45, 7) is 4.40. The van der Waals surface area contributed by atoms with Crippen LogP contribution in [0.4, 0.5) is 0 Å². The van der Waals surface area contributed by atoms with Crippen molar-refractivity contribution in [2.24, 2.45) is 5.92 Å². The molecule has 0 radical (unpaired) electrons. The molecule has 1 unspecified atom stereocenters. The van der Waals surface area contributed by atoms with E-state index in [1.54, 1.807) is 0 Å². The van der Waals surface area contributed by atoms with Crippen molar-refractivity contribution in [2.75, 3.05) is 19.7 Å². The van der Waals surface area contributed by atoms with E-state index in [-0.39, 0.29) is 24.4 Å². The summed E-state index contributed by atoms with van der Waals surface area (Å²) >= 11 is 0. The van der Waals surface area contributed by atoms with E-state index in [0.29, 0.717) is 19.2 Å². The first-order valence-corrected chi connectivity index (χ1v) is 6.92. The molecule has 2 aliphatic rings. The number of halogens is 1. The van der Waals surface area contributed by atoms with Crippen LogP contribution in [0.5, 0.6) is 0 Å². The Balaban J connectivity index is 0.00000162. The molecule has 0 spiro atoms. The standard InChI is InChI=1S/C13H24N2O2.ClH/c1-2-10-3-5-11(6-4-10)15-13(16)12-9-14-7-8-17-12;/h10-12,14H,2-9H2,1H3,(H,15,16);1H. The Bertz CT molecular complexity index is 249. The van der Waals surface area contributed by atoms with Crippen molar-refractivity contribution >= 4 is 18.3 Å². The normalized spacial score (nSPS) is 32.4. The summed E-state index contributed by atoms with van der Waals surface area (Å²) in [4.78, 5) is 11.9. The maximum atomic E-state index is 11.9. The van der Waals surface area contributed by atoms with Gasteiger partial charge >= 0.3 is 0 Å². The van der Waals surface area contributed by atoms with Gasteiger partial charge in [-0.25, -0.2) is 0 Å². The Hall–Kier alpha value is -0.320. The summed E-state index contributed by atoms with van der Waals surface area (Å²) in [7, 11) is 0. The molecule has 1 amide bonds. The molecule has 1 aliphatic carbocycles. The second-order valence-corrected chi connectivity index (χ2v) is 5.20. The van der Waals surface area contributed by atoms with Gasteiger partial charge < -0.3 is 15.4 Å². The van der Waals surface area contributed by atoms with Gasteiger partial charge in [-0.15, -0.1) is 12.4 Å². The predicted molar refractivity (Wildman–Crippen MR) is 74.0 cm³/mol. The van der Waals surface area contributed by atoms with Crippen molar-refractivity contribution < 1.29 is 9.53 Å². The van der Waals surface area contributed by atoms with Gasteiger partial charge in [0.05, 0.1) is 6.61 Å². The molecular formula is C13H25ClN2O2. The molecule has 5 heteroatoms. The number of rotatable bonds is 3. The van der Waals surface area contributed by atoms with Crippen molar-refractivity contribution in [1.82, 2.24) is 10.6 Å². The van der Waals surface area contributed by atoms with Gasteiger partial charge in [0.1, 0.15) is 6.10 Å². The molecule has 0 bridgehead atoms. The van der Waals surface area contributed by atoms with Crippen LogP contribution < -0.4 is 10.6 Å². The number of amides is 1. The fourth-order valence-electron chi connectivity index (χ4n) is 2.74. The van der Waals surface area contributed by atoms with E-state index in [4.69, 9.17) is 4.74 Å². The third kappa shape index (κ3) is 4.41. The molecular weight excluding hydrogens is 252 g/mol. The lowest BCUT2D eigenvalue weighted by atomic mass is 9.84. The molecule has 0 aromatic rings. The number of nitrogens with one attached hydrogen (secondary N) is 2. The lowest BCUT2D eigenvalue weighted by Crippen LogP contribution is -2.50. The Labute approximate surface area is 116 Å². The maximum absolute atomic E-state index is 11.9. The fraction of sp³-hybridized carbons (Fsp3) is 0.923. The van der Waals surface area contributed by atoms with Gasteiger partial charge in [-0.2, -0.15) is 0 Å². The van der Waals surface area contributed by atoms with Crippen molar-refractivity contribution in [3.63, 3.8) is 0 Å². The van der Waals surface area contributed by atoms with Gasteiger partial charge in [-0.3, -0.25) is 4.79 Å². The average Bonchev–Trinajstić information content (AvgIpc) is 2.40. The van der Waals surface area contributed by atoms with Crippen LogP contribution in [0.25, 0.3) is 0 Å². The molecule has 0 aromatic carbocycles. The summed E-state index contributed by atoms with van der Waals surface area (Å²) in [6.07, 6.45) is 5.76. The molecule has 1 atom stereocenters. The van der Waals surface area contributed by atoms with Gasteiger partial charge in [-0.1, -0.05) is 13.3 Å². The second-order valence-electron chi connectivity index (χ2n) is 5.20. The molecule has 2 fully saturated rings. The minimum absolute atomic E-state index is 0. The van der Waals surface area contributed by atoms with Crippen LogP contribution in [0.15, 0.2) is 0 Å². The molecule has 1 aliphatic heterocycles. The Morgan fingerprint density at radius 3 is 2.61 bits per heavy atom. The highest BCUT2D eigenvalue weighted by Crippen LogP contribution is 2.26. The summed E-state index contributed by atoms with van der Waals surface area (Å²) in [5, 5.41) is 6.31. The first-order valence-electron chi connectivity index (χ1n) is 6.92. The van der Waals surface area contributed by atoms with Crippen molar-refractivity contribution in [3.05, 3.63) is 0 Å². The molecule has 0 aromatic heterocycles. The van der Waals surface area contributed by atoms with Gasteiger partial charge in [0.15, 0.2) is 0 Å². The quantitative estimate of drug-likeness (QED) is 0.821. The fourth-order valence-corrected chi connectivity index (χ4v) is 2.74. The van der Waals surface area contributed by atoms with Gasteiger partial charge in [0.2, 0.25) is 0 Å². The van der Waals surface area contributed by atoms with E-state index in [1.165, 1.54) is 19.3 Å². The van der Waals surface area contributed by atoms with Crippen LogP contribution in [0.2, 0.25) is 0 Å². The third-order valence-corrected chi connectivity index (χ3v) is 3.99. The number of ether oxygens (including phenoxy) is 1. The highest BCUT2D eigenvalue weighted by molar-refractivity contribution is 5.85. The average molecular weight is 277 g/mol. The molecule has 2 rings (SSSR count). The summed E-state index contributed by atoms with van der Waals surface area (Å²) in [5.41, 5.74) is 0. The molecule has 1 saturated heterocycles. The molecule has 106 valence electrons. The molecule has 1 saturated carbocycles. The summed E-state index contributed by atoms with van der Waals surface area (Å²) in [6, 6.07) is 0.371. The lowest BCUT2D eigenvalue weighted by Gasteiger charge is -2.30. The zero-order valence-electron chi connectivity index (χ0n) is 11.1. The topological polar surface area (TPSA) is 50.4 Å². The predicted octanol–water partition coefficient (Wildman–Crippen LogP) is 1.48. The van der Waals surface area contributed by atoms with Crippen LogP contribution in [0.3, 0.4) is 0 Å². The number of hydrogen-bond donors (Lipinski definition) is 2. The SMILES string of the molecule is CCC1CCC(NC(=O)C2CNCCO2)CC1.Cl. The van der Waals surface area contributed by atoms with E-state index < -0.39 is 0 Å². The molecule has 2 N–H and O–H groups in total. The van der Waals surface area contributed by atoms with E-state index in [9.17, 15) is 4.79 Å². The van der Waals surface area contributed by atoms with Gasteiger partial charge in [-0.05, 0) is 31.6 Å². The largest absolute Gasteiger partial charge is 0.366 e. The van der Waals surface area contributed by atoms with Crippen LogP contribution >= 0.6 is 12.4 Å². The molecule has 1 heterocycles. The third-order valence-electron chi connectivity index (χ3n) is 3.99. The number of hydrogen-bond acceptors (Lipinski definition) is 3. The van der Waals surface area contributed by atoms with Crippen LogP contribution in [-0.2, 0) is 9.53 Å². The second kappa shape index (κ2) is 7.97. The van der Waals surface area contributed by atoms with Crippen LogP contribution in [-0.4, -0.2) is 37.7 Å². The highest BCUT2D eigenvalue weighted by atomic mass is 35.5. The number of morpholine rings is 1. The van der Waals surface area contributed by atoms with Gasteiger partial charge in [0, 0.05) is 19.1 Å². The monoisotopic (exact) mass is 276 g/mol. The summed E-state index contributed by atoms with van der Waals surface area (Å²) < 4.78 is 5.45. The molecule has 18 heavy (non-hydrogen) atoms. The van der Waals surface area contributed by atoms with E-state index in [2.05, 4.69) is 17.6 Å². The van der Waals surface area contributed by atoms with Crippen LogP contribution in [0.1, 0.15) is 39.0 Å². The zero-order chi connectivity index (χ0) is 12.1. The van der Waals surface area contributed by atoms with Crippen molar-refractivity contribution in [3.8, 4) is 0 Å². The van der Waals surface area contributed by atoms with Crippen molar-refractivity contribution in [1.29, 1.82) is 0 Å². The summed E-state index contributed by atoms with van der Waals surface area (Å²) in [5.74, 6) is 0.938. The Morgan fingerprint density at radius 1 is 1.33 bits per heavy atom. The van der Waals surface area contributed by atoms with Crippen LogP contribution in [0, 0.1) is 5.92 Å². The molecule has 4 nitrogen and oxygen atoms in total. The first kappa shape index (κ1) is 15.7. The highest BCUT2D eigenvalue weighted by Gasteiger charge is 2.26. The first-order chi connectivity index (χ1) is 8.29. The lowest BCUT2D eigenvalue weighted by molar-refractivity contribution is -0.135. The van der Waals surface area contributed by atoms with E-state index in [1.807, 2.05) is 0 Å². The van der Waals surface area contributed by atoms with E-state index >= 15 is 0 Å². The number of carbonyl (C=O) groups is 1. The van der Waals surface area contributed by atoms with Gasteiger partial charge in [0.25, 0.3) is 5.91 Å². The number of carbonyl (C=O) groups excluding carboxylic acids is 1. The Kier molecular flexibility index (Phi) is 6.97. The minimum atomic E-state index is -0.285. The zero-order valence-corrected chi connectivity index (χ0v) is 11.9.